The second-order valence-electron chi connectivity index (χ2n) is 6.90. The lowest BCUT2D eigenvalue weighted by molar-refractivity contribution is -0.138. The quantitative estimate of drug-likeness (QED) is 0.359. The molecule has 0 heterocycles. The molecule has 0 aliphatic heterocycles. The first-order valence-electron chi connectivity index (χ1n) is 9.46. The lowest BCUT2D eigenvalue weighted by Crippen LogP contribution is -2.45. The molecule has 1 unspecified atom stereocenters. The van der Waals surface area contributed by atoms with E-state index >= 15 is 0 Å². The van der Waals surface area contributed by atoms with Gasteiger partial charge in [0.15, 0.2) is 0 Å². The van der Waals surface area contributed by atoms with Crippen molar-refractivity contribution >= 4 is 64.3 Å². The van der Waals surface area contributed by atoms with Gasteiger partial charge in [-0.05, 0) is 36.1 Å². The fourth-order valence-electron chi connectivity index (χ4n) is 3.39. The fraction of sp³-hybridized carbons (Fsp3) is 0.227. The van der Waals surface area contributed by atoms with Crippen molar-refractivity contribution in [3.8, 4) is 0 Å². The highest BCUT2D eigenvalue weighted by Gasteiger charge is 2.37. The number of nitrogens with zero attached hydrogens (tertiary/aromatic N) is 1. The van der Waals surface area contributed by atoms with E-state index in [1.807, 2.05) is 37.3 Å². The Bertz CT molecular complexity index is 1160. The third-order valence-electron chi connectivity index (χ3n) is 4.80. The van der Waals surface area contributed by atoms with E-state index in [9.17, 15) is 18.3 Å². The van der Waals surface area contributed by atoms with Crippen LogP contribution in [0.25, 0.3) is 10.8 Å². The zero-order chi connectivity index (χ0) is 21.9. The molecule has 1 N–H and O–H groups in total. The number of carboxylic acids is 1. The van der Waals surface area contributed by atoms with E-state index in [-0.39, 0.29) is 11.3 Å². The Labute approximate surface area is 193 Å². The van der Waals surface area contributed by atoms with E-state index in [1.54, 1.807) is 18.2 Å². The molecular formula is C22H21Br2NO4S. The Hall–Kier alpha value is -1.90. The number of unbranched alkanes of at least 4 members (excludes halogenated alkanes) is 1. The molecule has 0 saturated heterocycles. The summed E-state index contributed by atoms with van der Waals surface area (Å²) in [5, 5.41) is 11.5. The normalized spacial score (nSPS) is 12.6. The summed E-state index contributed by atoms with van der Waals surface area (Å²) in [6, 6.07) is 16.1. The molecule has 0 aromatic heterocycles. The van der Waals surface area contributed by atoms with Gasteiger partial charge in [-0.2, -0.15) is 0 Å². The molecule has 0 fully saturated rings. The van der Waals surface area contributed by atoms with Gasteiger partial charge in [0.1, 0.15) is 6.04 Å². The second-order valence-corrected chi connectivity index (χ2v) is 10.5. The highest BCUT2D eigenvalue weighted by molar-refractivity contribution is 9.11. The summed E-state index contributed by atoms with van der Waals surface area (Å²) >= 11 is 6.66. The molecule has 0 saturated carbocycles. The maximum atomic E-state index is 13.8. The van der Waals surface area contributed by atoms with Crippen molar-refractivity contribution in [2.75, 3.05) is 4.31 Å². The number of hydrogen-bond acceptors (Lipinski definition) is 3. The Balaban J connectivity index is 2.30. The average Bonchev–Trinajstić information content (AvgIpc) is 2.69. The van der Waals surface area contributed by atoms with Crippen LogP contribution in [0.1, 0.15) is 26.2 Å². The monoisotopic (exact) mass is 553 g/mol. The summed E-state index contributed by atoms with van der Waals surface area (Å²) in [6.45, 7) is 1.95. The predicted molar refractivity (Wildman–Crippen MR) is 126 cm³/mol. The van der Waals surface area contributed by atoms with Crippen molar-refractivity contribution in [3.63, 3.8) is 0 Å². The van der Waals surface area contributed by atoms with Crippen molar-refractivity contribution < 1.29 is 18.3 Å². The SMILES string of the molecule is CCCCC(C(=O)O)N(c1cccc2ccccc12)S(=O)(=O)c1cc(Br)cc(Br)c1. The highest BCUT2D eigenvalue weighted by atomic mass is 79.9. The lowest BCUT2D eigenvalue weighted by Gasteiger charge is -2.31. The maximum Gasteiger partial charge on any atom is 0.327 e. The van der Waals surface area contributed by atoms with E-state index in [0.29, 0.717) is 26.4 Å². The number of fused-ring (bicyclic) bond motifs is 1. The summed E-state index contributed by atoms with van der Waals surface area (Å²) in [6.07, 6.45) is 1.56. The van der Waals surface area contributed by atoms with Gasteiger partial charge in [-0.15, -0.1) is 0 Å². The van der Waals surface area contributed by atoms with Crippen LogP contribution in [0.5, 0.6) is 0 Å². The Kier molecular flexibility index (Phi) is 7.21. The first-order valence-corrected chi connectivity index (χ1v) is 12.5. The van der Waals surface area contributed by atoms with Crippen LogP contribution in [0.3, 0.4) is 0 Å². The van der Waals surface area contributed by atoms with Gasteiger partial charge in [-0.25, -0.2) is 13.2 Å². The van der Waals surface area contributed by atoms with Gasteiger partial charge in [-0.3, -0.25) is 4.31 Å². The van der Waals surface area contributed by atoms with E-state index in [0.717, 1.165) is 16.1 Å². The number of carbonyl (C=O) groups is 1. The molecule has 158 valence electrons. The van der Waals surface area contributed by atoms with Crippen molar-refractivity contribution in [1.82, 2.24) is 0 Å². The molecule has 3 aromatic carbocycles. The van der Waals surface area contributed by atoms with Crippen LogP contribution >= 0.6 is 31.9 Å². The largest absolute Gasteiger partial charge is 0.480 e. The zero-order valence-corrected chi connectivity index (χ0v) is 20.2. The molecule has 0 aliphatic carbocycles. The number of anilines is 1. The molecule has 3 rings (SSSR count). The van der Waals surface area contributed by atoms with Crippen LogP contribution in [0.15, 0.2) is 74.5 Å². The van der Waals surface area contributed by atoms with Crippen LogP contribution in [0.2, 0.25) is 0 Å². The minimum Gasteiger partial charge on any atom is -0.480 e. The molecular weight excluding hydrogens is 534 g/mol. The molecule has 0 amide bonds. The number of rotatable bonds is 8. The van der Waals surface area contributed by atoms with Crippen LogP contribution in [0.4, 0.5) is 5.69 Å². The lowest BCUT2D eigenvalue weighted by atomic mass is 10.1. The van der Waals surface area contributed by atoms with E-state index in [1.165, 1.54) is 12.1 Å². The third-order valence-corrected chi connectivity index (χ3v) is 7.51. The summed E-state index contributed by atoms with van der Waals surface area (Å²) < 4.78 is 29.8. The summed E-state index contributed by atoms with van der Waals surface area (Å²) in [4.78, 5) is 12.3. The van der Waals surface area contributed by atoms with E-state index < -0.39 is 22.0 Å². The van der Waals surface area contributed by atoms with Gasteiger partial charge in [0.25, 0.3) is 10.0 Å². The Morgan fingerprint density at radius 2 is 1.67 bits per heavy atom. The Morgan fingerprint density at radius 1 is 1.03 bits per heavy atom. The topological polar surface area (TPSA) is 74.7 Å². The molecule has 1 atom stereocenters. The number of hydrogen-bond donors (Lipinski definition) is 1. The standard InChI is InChI=1S/C22H21Br2NO4S/c1-2-3-10-21(22(26)27)25(20-11-6-8-15-7-4-5-9-19(15)20)30(28,29)18-13-16(23)12-17(24)14-18/h4-9,11-14,21H,2-3,10H2,1H3,(H,26,27). The summed E-state index contributed by atoms with van der Waals surface area (Å²) in [5.74, 6) is -1.17. The molecule has 0 bridgehead atoms. The van der Waals surface area contributed by atoms with Gasteiger partial charge in [-0.1, -0.05) is 88.0 Å². The summed E-state index contributed by atoms with van der Waals surface area (Å²) in [5.41, 5.74) is 0.354. The van der Waals surface area contributed by atoms with Gasteiger partial charge in [0.05, 0.1) is 10.6 Å². The number of sulfonamides is 1. The first kappa shape index (κ1) is 22.8. The maximum absolute atomic E-state index is 13.8. The number of halogens is 2. The average molecular weight is 555 g/mol. The molecule has 0 aliphatic rings. The van der Waals surface area contributed by atoms with Crippen molar-refractivity contribution in [2.45, 2.75) is 37.1 Å². The van der Waals surface area contributed by atoms with E-state index in [4.69, 9.17) is 0 Å². The van der Waals surface area contributed by atoms with Crippen molar-refractivity contribution in [2.24, 2.45) is 0 Å². The third kappa shape index (κ3) is 4.71. The van der Waals surface area contributed by atoms with Gasteiger partial charge in [0, 0.05) is 14.3 Å². The van der Waals surface area contributed by atoms with Crippen molar-refractivity contribution in [1.29, 1.82) is 0 Å². The molecule has 30 heavy (non-hydrogen) atoms. The van der Waals surface area contributed by atoms with Crippen LogP contribution in [0, 0.1) is 0 Å². The highest BCUT2D eigenvalue weighted by Crippen LogP contribution is 2.35. The van der Waals surface area contributed by atoms with Crippen molar-refractivity contribution in [3.05, 3.63) is 69.6 Å². The molecule has 0 radical (unpaired) electrons. The van der Waals surface area contributed by atoms with Gasteiger partial charge < -0.3 is 5.11 Å². The van der Waals surface area contributed by atoms with Crippen LogP contribution in [-0.2, 0) is 14.8 Å². The number of carboxylic acid groups (broad SMARTS) is 1. The molecule has 3 aromatic rings. The first-order chi connectivity index (χ1) is 14.3. The summed E-state index contributed by atoms with van der Waals surface area (Å²) in [7, 11) is -4.17. The van der Waals surface area contributed by atoms with Crippen LogP contribution < -0.4 is 4.31 Å². The number of benzene rings is 3. The van der Waals surface area contributed by atoms with E-state index in [2.05, 4.69) is 31.9 Å². The molecule has 8 heteroatoms. The van der Waals surface area contributed by atoms with Gasteiger partial charge in [0.2, 0.25) is 0 Å². The minimum absolute atomic E-state index is 0.0134. The smallest absolute Gasteiger partial charge is 0.327 e. The fourth-order valence-corrected chi connectivity index (χ4v) is 6.72. The predicted octanol–water partition coefficient (Wildman–Crippen LogP) is 6.20. The van der Waals surface area contributed by atoms with Crippen LogP contribution in [-0.4, -0.2) is 25.5 Å². The zero-order valence-electron chi connectivity index (χ0n) is 16.3. The van der Waals surface area contributed by atoms with Gasteiger partial charge >= 0.3 is 5.97 Å². The second kappa shape index (κ2) is 9.49. The molecule has 0 spiro atoms. The number of aliphatic carboxylic acids is 1. The minimum atomic E-state index is -4.17. The Morgan fingerprint density at radius 3 is 2.30 bits per heavy atom. The molecule has 5 nitrogen and oxygen atoms in total.